The lowest BCUT2D eigenvalue weighted by Gasteiger charge is -2.16. The maximum Gasteiger partial charge on any atom is 0.253 e. The molecular weight excluding hydrogens is 261 g/mol. The molecule has 1 amide bonds. The summed E-state index contributed by atoms with van der Waals surface area (Å²) in [5.74, 6) is 0.0186. The molecule has 0 saturated carbocycles. The summed E-state index contributed by atoms with van der Waals surface area (Å²) in [5.41, 5.74) is 8.30. The maximum atomic E-state index is 12.8. The van der Waals surface area contributed by atoms with Crippen molar-refractivity contribution in [1.29, 1.82) is 0 Å². The molecule has 104 valence electrons. The second-order valence-electron chi connectivity index (χ2n) is 4.54. The van der Waals surface area contributed by atoms with Gasteiger partial charge in [0.25, 0.3) is 5.91 Å². The number of carbonyl (C=O) groups excluding carboxylic acids is 1. The standard InChI is InChI=1S/C13H14FN5O/c14-3-6-19-10-2-5-16-12(20)8(10)7-11(19)9-1-4-17-13(15)18-9/h1,4,7H,2-3,5-6H2,(H,16,20)(H2,15,17,18). The first-order valence-electron chi connectivity index (χ1n) is 6.36. The molecule has 2 aromatic heterocycles. The lowest BCUT2D eigenvalue weighted by Crippen LogP contribution is -2.32. The Morgan fingerprint density at radius 2 is 2.35 bits per heavy atom. The second-order valence-corrected chi connectivity index (χ2v) is 4.54. The van der Waals surface area contributed by atoms with Crippen LogP contribution in [0.1, 0.15) is 16.1 Å². The molecule has 20 heavy (non-hydrogen) atoms. The van der Waals surface area contributed by atoms with Gasteiger partial charge < -0.3 is 15.6 Å². The number of halogens is 1. The summed E-state index contributed by atoms with van der Waals surface area (Å²) in [5, 5.41) is 2.78. The highest BCUT2D eigenvalue weighted by Crippen LogP contribution is 2.27. The molecule has 7 heteroatoms. The van der Waals surface area contributed by atoms with Crippen LogP contribution in [0.4, 0.5) is 10.3 Å². The SMILES string of the molecule is Nc1nccc(-c2cc3c(n2CCF)CCNC3=O)n1. The third-order valence-electron chi connectivity index (χ3n) is 3.35. The van der Waals surface area contributed by atoms with Crippen LogP contribution in [0.25, 0.3) is 11.4 Å². The van der Waals surface area contributed by atoms with Gasteiger partial charge in [-0.25, -0.2) is 14.4 Å². The van der Waals surface area contributed by atoms with E-state index in [2.05, 4.69) is 15.3 Å². The van der Waals surface area contributed by atoms with Crippen molar-refractivity contribution in [3.05, 3.63) is 29.6 Å². The van der Waals surface area contributed by atoms with Crippen LogP contribution >= 0.6 is 0 Å². The molecule has 2 aromatic rings. The average Bonchev–Trinajstić information content (AvgIpc) is 2.80. The Balaban J connectivity index is 2.17. The quantitative estimate of drug-likeness (QED) is 0.867. The van der Waals surface area contributed by atoms with Crippen molar-refractivity contribution in [3.63, 3.8) is 0 Å². The number of aromatic nitrogens is 3. The van der Waals surface area contributed by atoms with Gasteiger partial charge in [-0.15, -0.1) is 0 Å². The number of hydrogen-bond donors (Lipinski definition) is 2. The van der Waals surface area contributed by atoms with Crippen LogP contribution in [0.5, 0.6) is 0 Å². The molecule has 1 aliphatic heterocycles. The zero-order chi connectivity index (χ0) is 14.1. The molecule has 0 unspecified atom stereocenters. The van der Waals surface area contributed by atoms with E-state index >= 15 is 0 Å². The molecule has 0 spiro atoms. The number of rotatable bonds is 3. The fourth-order valence-electron chi connectivity index (χ4n) is 2.51. The van der Waals surface area contributed by atoms with Gasteiger partial charge in [0.1, 0.15) is 6.67 Å². The summed E-state index contributed by atoms with van der Waals surface area (Å²) < 4.78 is 14.6. The molecule has 3 heterocycles. The second kappa shape index (κ2) is 4.92. The molecule has 0 aliphatic carbocycles. The highest BCUT2D eigenvalue weighted by molar-refractivity contribution is 5.97. The normalized spacial score (nSPS) is 13.9. The number of hydrogen-bond acceptors (Lipinski definition) is 4. The van der Waals surface area contributed by atoms with Gasteiger partial charge in [-0.2, -0.15) is 0 Å². The number of nitrogens with one attached hydrogen (secondary N) is 1. The topological polar surface area (TPSA) is 85.8 Å². The molecule has 0 atom stereocenters. The van der Waals surface area contributed by atoms with Crippen LogP contribution in [-0.4, -0.2) is 33.7 Å². The minimum absolute atomic E-state index is 0.132. The van der Waals surface area contributed by atoms with Crippen molar-refractivity contribution in [2.45, 2.75) is 13.0 Å². The fourth-order valence-corrected chi connectivity index (χ4v) is 2.51. The number of amides is 1. The lowest BCUT2D eigenvalue weighted by atomic mass is 10.1. The number of alkyl halides is 1. The van der Waals surface area contributed by atoms with Gasteiger partial charge in [-0.1, -0.05) is 0 Å². The fraction of sp³-hybridized carbons (Fsp3) is 0.308. The minimum Gasteiger partial charge on any atom is -0.368 e. The molecule has 0 bridgehead atoms. The highest BCUT2D eigenvalue weighted by atomic mass is 19.1. The zero-order valence-electron chi connectivity index (χ0n) is 10.8. The summed E-state index contributed by atoms with van der Waals surface area (Å²) in [6.07, 6.45) is 2.23. The molecule has 0 aromatic carbocycles. The molecule has 3 rings (SSSR count). The first-order chi connectivity index (χ1) is 9.70. The third-order valence-corrected chi connectivity index (χ3v) is 3.35. The Bertz CT molecular complexity index is 667. The van der Waals surface area contributed by atoms with Crippen LogP contribution in [0.15, 0.2) is 18.3 Å². The van der Waals surface area contributed by atoms with Crippen LogP contribution in [0, 0.1) is 0 Å². The number of fused-ring (bicyclic) bond motifs is 1. The Kier molecular flexibility index (Phi) is 3.09. The van der Waals surface area contributed by atoms with E-state index in [1.54, 1.807) is 22.9 Å². The number of nitrogens with two attached hydrogens (primary N) is 1. The maximum absolute atomic E-state index is 12.8. The molecule has 1 aliphatic rings. The summed E-state index contributed by atoms with van der Waals surface area (Å²) in [7, 11) is 0. The number of nitrogen functional groups attached to an aromatic ring is 1. The molecular formula is C13H14FN5O. The Hall–Kier alpha value is -2.44. The van der Waals surface area contributed by atoms with Crippen LogP contribution < -0.4 is 11.1 Å². The summed E-state index contributed by atoms with van der Waals surface area (Å²) in [4.78, 5) is 19.9. The summed E-state index contributed by atoms with van der Waals surface area (Å²) >= 11 is 0. The molecule has 3 N–H and O–H groups in total. The Morgan fingerprint density at radius 3 is 3.10 bits per heavy atom. The third kappa shape index (κ3) is 2.01. The predicted molar refractivity (Wildman–Crippen MR) is 71.9 cm³/mol. The van der Waals surface area contributed by atoms with E-state index in [0.717, 1.165) is 5.69 Å². The number of nitrogens with zero attached hydrogens (tertiary/aromatic N) is 3. The van der Waals surface area contributed by atoms with Crippen LogP contribution in [-0.2, 0) is 13.0 Å². The minimum atomic E-state index is -0.504. The summed E-state index contributed by atoms with van der Waals surface area (Å²) in [6.45, 7) is 0.256. The average molecular weight is 275 g/mol. The van der Waals surface area contributed by atoms with E-state index in [-0.39, 0.29) is 18.4 Å². The Labute approximate surface area is 114 Å². The van der Waals surface area contributed by atoms with E-state index in [1.807, 2.05) is 0 Å². The first kappa shape index (κ1) is 12.6. The predicted octanol–water partition coefficient (Wildman–Crippen LogP) is 0.783. The van der Waals surface area contributed by atoms with E-state index in [4.69, 9.17) is 5.73 Å². The van der Waals surface area contributed by atoms with Gasteiger partial charge in [0.15, 0.2) is 0 Å². The molecule has 0 radical (unpaired) electrons. The van der Waals surface area contributed by atoms with Crippen molar-refractivity contribution < 1.29 is 9.18 Å². The number of carbonyl (C=O) groups is 1. The monoisotopic (exact) mass is 275 g/mol. The Morgan fingerprint density at radius 1 is 1.50 bits per heavy atom. The highest BCUT2D eigenvalue weighted by Gasteiger charge is 2.24. The van der Waals surface area contributed by atoms with Crippen LogP contribution in [0.3, 0.4) is 0 Å². The van der Waals surface area contributed by atoms with Crippen molar-refractivity contribution in [1.82, 2.24) is 19.9 Å². The van der Waals surface area contributed by atoms with Crippen molar-refractivity contribution in [3.8, 4) is 11.4 Å². The lowest BCUT2D eigenvalue weighted by molar-refractivity contribution is 0.0945. The largest absolute Gasteiger partial charge is 0.368 e. The smallest absolute Gasteiger partial charge is 0.253 e. The van der Waals surface area contributed by atoms with Crippen molar-refractivity contribution in [2.75, 3.05) is 19.0 Å². The van der Waals surface area contributed by atoms with Gasteiger partial charge >= 0.3 is 0 Å². The first-order valence-corrected chi connectivity index (χ1v) is 6.36. The van der Waals surface area contributed by atoms with Crippen molar-refractivity contribution >= 4 is 11.9 Å². The van der Waals surface area contributed by atoms with Gasteiger partial charge in [-0.05, 0) is 12.1 Å². The van der Waals surface area contributed by atoms with E-state index in [1.165, 1.54) is 0 Å². The van der Waals surface area contributed by atoms with Crippen molar-refractivity contribution in [2.24, 2.45) is 0 Å². The molecule has 0 saturated heterocycles. The van der Waals surface area contributed by atoms with Gasteiger partial charge in [0.05, 0.1) is 23.5 Å². The number of anilines is 1. The van der Waals surface area contributed by atoms with Crippen LogP contribution in [0.2, 0.25) is 0 Å². The summed E-state index contributed by atoms with van der Waals surface area (Å²) in [6, 6.07) is 3.44. The molecule has 6 nitrogen and oxygen atoms in total. The van der Waals surface area contributed by atoms with E-state index in [0.29, 0.717) is 29.9 Å². The zero-order valence-corrected chi connectivity index (χ0v) is 10.8. The van der Waals surface area contributed by atoms with Gasteiger partial charge in [-0.3, -0.25) is 4.79 Å². The van der Waals surface area contributed by atoms with Gasteiger partial charge in [0, 0.05) is 24.9 Å². The van der Waals surface area contributed by atoms with Gasteiger partial charge in [0.2, 0.25) is 5.95 Å². The van der Waals surface area contributed by atoms with E-state index in [9.17, 15) is 9.18 Å². The van der Waals surface area contributed by atoms with E-state index < -0.39 is 6.67 Å². The molecule has 0 fully saturated rings.